The van der Waals surface area contributed by atoms with Crippen molar-refractivity contribution in [1.82, 2.24) is 0 Å². The van der Waals surface area contributed by atoms with Crippen LogP contribution in [0.4, 0.5) is 0 Å². The summed E-state index contributed by atoms with van der Waals surface area (Å²) in [5.41, 5.74) is 3.10. The highest BCUT2D eigenvalue weighted by Gasteiger charge is 2.39. The van der Waals surface area contributed by atoms with Crippen molar-refractivity contribution >= 4 is 9.84 Å². The van der Waals surface area contributed by atoms with Crippen LogP contribution >= 0.6 is 0 Å². The summed E-state index contributed by atoms with van der Waals surface area (Å²) in [6.45, 7) is 6.14. The van der Waals surface area contributed by atoms with E-state index in [4.69, 9.17) is 0 Å². The molecule has 0 bridgehead atoms. The molecule has 1 aromatic rings. The number of allylic oxidation sites excluding steroid dienone is 3. The standard InChI is InChI=1S/C17H20O2S/c1-11(2)13-6-7-15-9-14-5-4-12(3)8-16(14)20(18,19)17(15)10-13/h4-8,10-11,15,17H,9H2,1-3H3. The third-order valence-corrected chi connectivity index (χ3v) is 6.52. The quantitative estimate of drug-likeness (QED) is 0.793. The maximum absolute atomic E-state index is 12.9. The number of benzene rings is 1. The fourth-order valence-corrected chi connectivity index (χ4v) is 5.24. The van der Waals surface area contributed by atoms with Crippen molar-refractivity contribution in [3.8, 4) is 0 Å². The van der Waals surface area contributed by atoms with Crippen LogP contribution in [0.3, 0.4) is 0 Å². The molecule has 2 unspecified atom stereocenters. The molecule has 0 amide bonds. The van der Waals surface area contributed by atoms with Crippen LogP contribution in [0.2, 0.25) is 0 Å². The molecular weight excluding hydrogens is 268 g/mol. The molecule has 1 heterocycles. The third kappa shape index (κ3) is 2.05. The first-order chi connectivity index (χ1) is 9.39. The minimum Gasteiger partial charge on any atom is -0.223 e. The van der Waals surface area contributed by atoms with E-state index >= 15 is 0 Å². The molecule has 1 aliphatic heterocycles. The lowest BCUT2D eigenvalue weighted by Crippen LogP contribution is -2.35. The summed E-state index contributed by atoms with van der Waals surface area (Å²) in [6, 6.07) is 5.78. The van der Waals surface area contributed by atoms with Gasteiger partial charge in [-0.15, -0.1) is 0 Å². The number of fused-ring (bicyclic) bond motifs is 2. The molecule has 1 aliphatic carbocycles. The van der Waals surface area contributed by atoms with E-state index in [1.807, 2.05) is 31.2 Å². The summed E-state index contributed by atoms with van der Waals surface area (Å²) in [5.74, 6) is 0.444. The van der Waals surface area contributed by atoms with E-state index in [0.717, 1.165) is 23.1 Å². The Morgan fingerprint density at radius 2 is 2.00 bits per heavy atom. The maximum atomic E-state index is 12.9. The van der Waals surface area contributed by atoms with Gasteiger partial charge in [0.1, 0.15) is 0 Å². The minimum absolute atomic E-state index is 0.0812. The van der Waals surface area contributed by atoms with E-state index in [-0.39, 0.29) is 11.2 Å². The average Bonchev–Trinajstić information content (AvgIpc) is 2.39. The molecule has 2 aliphatic rings. The van der Waals surface area contributed by atoms with Crippen molar-refractivity contribution in [2.45, 2.75) is 37.3 Å². The molecule has 1 aromatic carbocycles. The van der Waals surface area contributed by atoms with Gasteiger partial charge in [-0.2, -0.15) is 0 Å². The van der Waals surface area contributed by atoms with E-state index in [0.29, 0.717) is 10.8 Å². The summed E-state index contributed by atoms with van der Waals surface area (Å²) >= 11 is 0. The van der Waals surface area contributed by atoms with E-state index in [2.05, 4.69) is 26.0 Å². The molecule has 0 radical (unpaired) electrons. The van der Waals surface area contributed by atoms with Crippen molar-refractivity contribution in [3.05, 3.63) is 53.1 Å². The molecule has 0 N–H and O–H groups in total. The summed E-state index contributed by atoms with van der Waals surface area (Å²) < 4.78 is 25.8. The molecule has 0 fully saturated rings. The Bertz CT molecular complexity index is 709. The van der Waals surface area contributed by atoms with Crippen LogP contribution in [0.5, 0.6) is 0 Å². The summed E-state index contributed by atoms with van der Waals surface area (Å²) in [4.78, 5) is 0.536. The van der Waals surface area contributed by atoms with E-state index in [1.165, 1.54) is 0 Å². The summed E-state index contributed by atoms with van der Waals surface area (Å²) in [7, 11) is -3.26. The Labute approximate surface area is 121 Å². The van der Waals surface area contributed by atoms with Gasteiger partial charge in [-0.3, -0.25) is 0 Å². The first-order valence-electron chi connectivity index (χ1n) is 7.13. The van der Waals surface area contributed by atoms with Crippen molar-refractivity contribution in [3.63, 3.8) is 0 Å². The Morgan fingerprint density at radius 3 is 2.70 bits per heavy atom. The van der Waals surface area contributed by atoms with Crippen LogP contribution in [-0.2, 0) is 16.3 Å². The van der Waals surface area contributed by atoms with Crippen molar-refractivity contribution in [2.75, 3.05) is 0 Å². The van der Waals surface area contributed by atoms with Crippen molar-refractivity contribution < 1.29 is 8.42 Å². The van der Waals surface area contributed by atoms with Gasteiger partial charge in [0.15, 0.2) is 9.84 Å². The highest BCUT2D eigenvalue weighted by Crippen LogP contribution is 2.38. The van der Waals surface area contributed by atoms with Gasteiger partial charge in [-0.1, -0.05) is 44.2 Å². The lowest BCUT2D eigenvalue weighted by molar-refractivity contribution is 0.538. The van der Waals surface area contributed by atoms with Crippen LogP contribution in [0.25, 0.3) is 0 Å². The van der Waals surface area contributed by atoms with Crippen LogP contribution in [0.1, 0.15) is 25.0 Å². The predicted molar refractivity (Wildman–Crippen MR) is 81.4 cm³/mol. The number of rotatable bonds is 1. The molecule has 2 atom stereocenters. The zero-order valence-electron chi connectivity index (χ0n) is 12.1. The second-order valence-corrected chi connectivity index (χ2v) is 8.24. The largest absolute Gasteiger partial charge is 0.223 e. The lowest BCUT2D eigenvalue weighted by Gasteiger charge is -2.32. The number of aryl methyl sites for hydroxylation is 1. The number of hydrogen-bond donors (Lipinski definition) is 0. The first kappa shape index (κ1) is 13.6. The zero-order valence-corrected chi connectivity index (χ0v) is 12.9. The topological polar surface area (TPSA) is 34.1 Å². The van der Waals surface area contributed by atoms with Crippen LogP contribution < -0.4 is 0 Å². The molecule has 0 spiro atoms. The van der Waals surface area contributed by atoms with Crippen LogP contribution in [0, 0.1) is 18.8 Å². The Kier molecular flexibility index (Phi) is 3.13. The molecule has 106 valence electrons. The Morgan fingerprint density at radius 1 is 1.25 bits per heavy atom. The smallest absolute Gasteiger partial charge is 0.185 e. The monoisotopic (exact) mass is 288 g/mol. The van der Waals surface area contributed by atoms with Crippen LogP contribution in [0.15, 0.2) is 46.9 Å². The van der Waals surface area contributed by atoms with Crippen LogP contribution in [-0.4, -0.2) is 13.7 Å². The van der Waals surface area contributed by atoms with Gasteiger partial charge in [0.05, 0.1) is 10.1 Å². The first-order valence-corrected chi connectivity index (χ1v) is 8.67. The average molecular weight is 288 g/mol. The van der Waals surface area contributed by atoms with Gasteiger partial charge in [0.25, 0.3) is 0 Å². The van der Waals surface area contributed by atoms with E-state index in [1.54, 1.807) is 0 Å². The van der Waals surface area contributed by atoms with Gasteiger partial charge < -0.3 is 0 Å². The summed E-state index contributed by atoms with van der Waals surface area (Å²) in [6.07, 6.45) is 6.97. The number of hydrogen-bond acceptors (Lipinski definition) is 2. The highest BCUT2D eigenvalue weighted by atomic mass is 32.2. The molecule has 3 rings (SSSR count). The fraction of sp³-hybridized carbons (Fsp3) is 0.412. The highest BCUT2D eigenvalue weighted by molar-refractivity contribution is 7.92. The Hall–Kier alpha value is -1.35. The van der Waals surface area contributed by atoms with Gasteiger partial charge in [-0.25, -0.2) is 8.42 Å². The normalized spacial score (nSPS) is 26.9. The number of sulfone groups is 1. The molecule has 2 nitrogen and oxygen atoms in total. The molecule has 0 saturated heterocycles. The van der Waals surface area contributed by atoms with Gasteiger partial charge >= 0.3 is 0 Å². The lowest BCUT2D eigenvalue weighted by atomic mass is 9.87. The van der Waals surface area contributed by atoms with Gasteiger partial charge in [-0.05, 0) is 42.0 Å². The predicted octanol–water partition coefficient (Wildman–Crippen LogP) is 3.46. The molecule has 0 saturated carbocycles. The molecular formula is C17H20O2S. The molecule has 0 aromatic heterocycles. The minimum atomic E-state index is -3.26. The van der Waals surface area contributed by atoms with Gasteiger partial charge in [0, 0.05) is 5.92 Å². The zero-order chi connectivity index (χ0) is 14.5. The SMILES string of the molecule is Cc1ccc2c(c1)S(=O)(=O)C1C=C(C(C)C)C=CC1C2. The van der Waals surface area contributed by atoms with Crippen molar-refractivity contribution in [1.29, 1.82) is 0 Å². The molecule has 3 heteroatoms. The maximum Gasteiger partial charge on any atom is 0.185 e. The third-order valence-electron chi connectivity index (χ3n) is 4.32. The summed E-state index contributed by atoms with van der Waals surface area (Å²) in [5, 5.41) is -0.390. The second kappa shape index (κ2) is 4.59. The van der Waals surface area contributed by atoms with E-state index < -0.39 is 9.84 Å². The molecule has 20 heavy (non-hydrogen) atoms. The van der Waals surface area contributed by atoms with Crippen molar-refractivity contribution in [2.24, 2.45) is 11.8 Å². The van der Waals surface area contributed by atoms with E-state index in [9.17, 15) is 8.42 Å². The second-order valence-electron chi connectivity index (χ2n) is 6.17. The van der Waals surface area contributed by atoms with Gasteiger partial charge in [0.2, 0.25) is 0 Å². The Balaban J connectivity index is 2.15. The fourth-order valence-electron chi connectivity index (χ4n) is 3.10.